The number of benzene rings is 1. The van der Waals surface area contributed by atoms with Crippen molar-refractivity contribution in [3.05, 3.63) is 35.9 Å². The van der Waals surface area contributed by atoms with Gasteiger partial charge in [-0.2, -0.15) is 0 Å². The molecule has 0 atom stereocenters. The van der Waals surface area contributed by atoms with Crippen LogP contribution >= 0.6 is 0 Å². The Morgan fingerprint density at radius 1 is 1.18 bits per heavy atom. The molecule has 0 radical (unpaired) electrons. The van der Waals surface area contributed by atoms with Crippen molar-refractivity contribution >= 4 is 12.0 Å². The standard InChI is InChI=1S/C19H26O3/c1-3-4-15-7-12-18(13-8-15)22-19(20)14-9-16-5-10-17(21-2)11-6-16/h5-6,9-11,14-15,18H,3-4,7-8,12-13H2,1-2H3/b14-9+. The summed E-state index contributed by atoms with van der Waals surface area (Å²) in [5, 5.41) is 0. The lowest BCUT2D eigenvalue weighted by Gasteiger charge is -2.27. The molecule has 1 aromatic carbocycles. The molecule has 3 heteroatoms. The third-order valence-corrected chi connectivity index (χ3v) is 4.30. The maximum absolute atomic E-state index is 11.9. The minimum atomic E-state index is -0.241. The molecule has 3 nitrogen and oxygen atoms in total. The fourth-order valence-corrected chi connectivity index (χ4v) is 3.03. The fourth-order valence-electron chi connectivity index (χ4n) is 3.03. The first kappa shape index (κ1) is 16.6. The highest BCUT2D eigenvalue weighted by Crippen LogP contribution is 2.29. The molecule has 0 amide bonds. The van der Waals surface area contributed by atoms with Gasteiger partial charge in [-0.05, 0) is 55.4 Å². The highest BCUT2D eigenvalue weighted by molar-refractivity contribution is 5.87. The molecule has 22 heavy (non-hydrogen) atoms. The first-order chi connectivity index (χ1) is 10.7. The predicted octanol–water partition coefficient (Wildman–Crippen LogP) is 4.61. The average molecular weight is 302 g/mol. The van der Waals surface area contributed by atoms with E-state index in [9.17, 15) is 4.79 Å². The molecule has 1 saturated carbocycles. The van der Waals surface area contributed by atoms with Crippen molar-refractivity contribution < 1.29 is 14.3 Å². The maximum atomic E-state index is 11.9. The fraction of sp³-hybridized carbons (Fsp3) is 0.526. The van der Waals surface area contributed by atoms with E-state index in [1.807, 2.05) is 24.3 Å². The van der Waals surface area contributed by atoms with Crippen LogP contribution in [0.1, 0.15) is 51.0 Å². The predicted molar refractivity (Wildman–Crippen MR) is 88.8 cm³/mol. The van der Waals surface area contributed by atoms with Crippen LogP contribution in [0.3, 0.4) is 0 Å². The Bertz CT molecular complexity index is 482. The van der Waals surface area contributed by atoms with Crippen molar-refractivity contribution in [1.82, 2.24) is 0 Å². The molecule has 0 bridgehead atoms. The van der Waals surface area contributed by atoms with Crippen molar-refractivity contribution in [3.8, 4) is 5.75 Å². The second kappa shape index (κ2) is 8.62. The molecule has 0 saturated heterocycles. The summed E-state index contributed by atoms with van der Waals surface area (Å²) in [5.74, 6) is 1.40. The molecule has 1 aromatic rings. The smallest absolute Gasteiger partial charge is 0.331 e. The van der Waals surface area contributed by atoms with E-state index in [4.69, 9.17) is 9.47 Å². The maximum Gasteiger partial charge on any atom is 0.331 e. The third kappa shape index (κ3) is 5.21. The van der Waals surface area contributed by atoms with E-state index in [2.05, 4.69) is 6.92 Å². The SMILES string of the molecule is CCCC1CCC(OC(=O)/C=C/c2ccc(OC)cc2)CC1. The molecule has 1 aliphatic carbocycles. The van der Waals surface area contributed by atoms with Crippen LogP contribution in [0.4, 0.5) is 0 Å². The lowest BCUT2D eigenvalue weighted by molar-refractivity contribution is -0.144. The summed E-state index contributed by atoms with van der Waals surface area (Å²) >= 11 is 0. The van der Waals surface area contributed by atoms with Gasteiger partial charge in [0.2, 0.25) is 0 Å². The van der Waals surface area contributed by atoms with E-state index in [1.165, 1.54) is 31.8 Å². The molecule has 0 aliphatic heterocycles. The molecule has 0 aromatic heterocycles. The highest BCUT2D eigenvalue weighted by Gasteiger charge is 2.22. The Morgan fingerprint density at radius 2 is 1.86 bits per heavy atom. The number of carbonyl (C=O) groups is 1. The summed E-state index contributed by atoms with van der Waals surface area (Å²) in [7, 11) is 1.64. The number of ether oxygens (including phenoxy) is 2. The first-order valence-electron chi connectivity index (χ1n) is 8.24. The van der Waals surface area contributed by atoms with Crippen LogP contribution in [0.5, 0.6) is 5.75 Å². The Hall–Kier alpha value is -1.77. The van der Waals surface area contributed by atoms with Crippen LogP contribution in [-0.2, 0) is 9.53 Å². The summed E-state index contributed by atoms with van der Waals surface area (Å²) in [6, 6.07) is 7.58. The molecule has 0 unspecified atom stereocenters. The van der Waals surface area contributed by atoms with Crippen LogP contribution in [0, 0.1) is 5.92 Å². The summed E-state index contributed by atoms with van der Waals surface area (Å²) in [4.78, 5) is 11.9. The third-order valence-electron chi connectivity index (χ3n) is 4.30. The topological polar surface area (TPSA) is 35.5 Å². The van der Waals surface area contributed by atoms with E-state index in [1.54, 1.807) is 13.2 Å². The minimum absolute atomic E-state index is 0.0983. The van der Waals surface area contributed by atoms with E-state index in [0.29, 0.717) is 0 Å². The van der Waals surface area contributed by atoms with Crippen LogP contribution < -0.4 is 4.74 Å². The van der Waals surface area contributed by atoms with Crippen molar-refractivity contribution in [1.29, 1.82) is 0 Å². The van der Waals surface area contributed by atoms with Crippen molar-refractivity contribution in [2.75, 3.05) is 7.11 Å². The lowest BCUT2D eigenvalue weighted by Crippen LogP contribution is -2.23. The number of hydrogen-bond acceptors (Lipinski definition) is 3. The second-order valence-corrected chi connectivity index (χ2v) is 5.97. The summed E-state index contributed by atoms with van der Waals surface area (Å²) in [5.41, 5.74) is 0.962. The van der Waals surface area contributed by atoms with Gasteiger partial charge in [-0.3, -0.25) is 0 Å². The number of carbonyl (C=O) groups excluding carboxylic acids is 1. The van der Waals surface area contributed by atoms with Gasteiger partial charge in [0.1, 0.15) is 11.9 Å². The van der Waals surface area contributed by atoms with Crippen LogP contribution in [0.2, 0.25) is 0 Å². The molecule has 0 N–H and O–H groups in total. The molecule has 0 spiro atoms. The van der Waals surface area contributed by atoms with Crippen LogP contribution in [0.15, 0.2) is 30.3 Å². The Balaban J connectivity index is 1.76. The number of methoxy groups -OCH3 is 1. The van der Waals surface area contributed by atoms with Crippen molar-refractivity contribution in [2.45, 2.75) is 51.6 Å². The van der Waals surface area contributed by atoms with Gasteiger partial charge >= 0.3 is 5.97 Å². The van der Waals surface area contributed by atoms with Crippen molar-refractivity contribution in [3.63, 3.8) is 0 Å². The van der Waals surface area contributed by atoms with Crippen LogP contribution in [0.25, 0.3) is 6.08 Å². The molecule has 1 aliphatic rings. The van der Waals surface area contributed by atoms with Gasteiger partial charge in [-0.15, -0.1) is 0 Å². The average Bonchev–Trinajstić information content (AvgIpc) is 2.55. The molecule has 0 heterocycles. The number of rotatable bonds is 6. The van der Waals surface area contributed by atoms with E-state index in [-0.39, 0.29) is 12.1 Å². The van der Waals surface area contributed by atoms with Gasteiger partial charge in [0, 0.05) is 6.08 Å². The van der Waals surface area contributed by atoms with Gasteiger partial charge in [0.05, 0.1) is 7.11 Å². The Kier molecular flexibility index (Phi) is 6.50. The molecular formula is C19H26O3. The van der Waals surface area contributed by atoms with Gasteiger partial charge in [0.25, 0.3) is 0 Å². The zero-order chi connectivity index (χ0) is 15.8. The van der Waals surface area contributed by atoms with Gasteiger partial charge < -0.3 is 9.47 Å². The first-order valence-corrected chi connectivity index (χ1v) is 8.24. The van der Waals surface area contributed by atoms with Gasteiger partial charge in [-0.1, -0.05) is 31.9 Å². The number of esters is 1. The van der Waals surface area contributed by atoms with E-state index < -0.39 is 0 Å². The normalized spacial score (nSPS) is 21.7. The van der Waals surface area contributed by atoms with E-state index in [0.717, 1.165) is 30.1 Å². The highest BCUT2D eigenvalue weighted by atomic mass is 16.5. The van der Waals surface area contributed by atoms with Crippen molar-refractivity contribution in [2.24, 2.45) is 5.92 Å². The van der Waals surface area contributed by atoms with Gasteiger partial charge in [-0.25, -0.2) is 4.79 Å². The molecule has 120 valence electrons. The summed E-state index contributed by atoms with van der Waals surface area (Å²) in [6.45, 7) is 2.23. The molecule has 2 rings (SSSR count). The molecule has 1 fully saturated rings. The van der Waals surface area contributed by atoms with Gasteiger partial charge in [0.15, 0.2) is 0 Å². The second-order valence-electron chi connectivity index (χ2n) is 5.97. The van der Waals surface area contributed by atoms with E-state index >= 15 is 0 Å². The monoisotopic (exact) mass is 302 g/mol. The minimum Gasteiger partial charge on any atom is -0.497 e. The quantitative estimate of drug-likeness (QED) is 0.568. The zero-order valence-corrected chi connectivity index (χ0v) is 13.6. The summed E-state index contributed by atoms with van der Waals surface area (Å²) < 4.78 is 10.6. The lowest BCUT2D eigenvalue weighted by atomic mass is 9.85. The zero-order valence-electron chi connectivity index (χ0n) is 13.6. The molecular weight excluding hydrogens is 276 g/mol. The Labute approximate surface area is 133 Å². The summed E-state index contributed by atoms with van der Waals surface area (Å²) in [6.07, 6.45) is 10.3. The Morgan fingerprint density at radius 3 is 2.45 bits per heavy atom. The number of hydrogen-bond donors (Lipinski definition) is 0. The van der Waals surface area contributed by atoms with Crippen LogP contribution in [-0.4, -0.2) is 19.2 Å². The largest absolute Gasteiger partial charge is 0.497 e.